The van der Waals surface area contributed by atoms with Gasteiger partial charge in [-0.2, -0.15) is 18.3 Å². The Morgan fingerprint density at radius 2 is 2.00 bits per heavy atom. The second-order valence-corrected chi connectivity index (χ2v) is 7.64. The Hall–Kier alpha value is -2.40. The molecule has 0 fully saturated rings. The molecule has 1 N–H and O–H groups in total. The molecule has 29 heavy (non-hydrogen) atoms. The van der Waals surface area contributed by atoms with Gasteiger partial charge in [-0.1, -0.05) is 0 Å². The van der Waals surface area contributed by atoms with Gasteiger partial charge in [0.15, 0.2) is 5.69 Å². The number of hydrogen-bond donors (Lipinski definition) is 1. The number of halogens is 3. The van der Waals surface area contributed by atoms with Crippen LogP contribution in [0.4, 0.5) is 18.2 Å². The summed E-state index contributed by atoms with van der Waals surface area (Å²) in [6.07, 6.45) is -1.32. The molecular formula is C18H20F3N3O4S. The zero-order valence-corrected chi connectivity index (χ0v) is 16.7. The van der Waals surface area contributed by atoms with Crippen molar-refractivity contribution in [2.75, 3.05) is 25.6 Å². The predicted molar refractivity (Wildman–Crippen MR) is 99.3 cm³/mol. The molecule has 1 aliphatic rings. The first-order valence-electron chi connectivity index (χ1n) is 8.95. The van der Waals surface area contributed by atoms with Crippen LogP contribution in [0.2, 0.25) is 0 Å². The molecule has 0 atom stereocenters. The Balaban J connectivity index is 1.88. The van der Waals surface area contributed by atoms with Crippen LogP contribution >= 0.6 is 11.3 Å². The number of methoxy groups -OCH3 is 1. The molecule has 0 saturated heterocycles. The zero-order valence-electron chi connectivity index (χ0n) is 15.9. The zero-order chi connectivity index (χ0) is 21.2. The van der Waals surface area contributed by atoms with Gasteiger partial charge in [0.25, 0.3) is 5.91 Å². The highest BCUT2D eigenvalue weighted by molar-refractivity contribution is 7.17. The molecule has 0 spiro atoms. The van der Waals surface area contributed by atoms with E-state index in [-0.39, 0.29) is 29.5 Å². The summed E-state index contributed by atoms with van der Waals surface area (Å²) in [6.45, 7) is 0.291. The first-order chi connectivity index (χ1) is 13.7. The van der Waals surface area contributed by atoms with E-state index in [1.807, 2.05) is 0 Å². The van der Waals surface area contributed by atoms with Crippen molar-refractivity contribution in [2.24, 2.45) is 7.05 Å². The van der Waals surface area contributed by atoms with Crippen molar-refractivity contribution in [3.05, 3.63) is 33.5 Å². The van der Waals surface area contributed by atoms with Gasteiger partial charge in [-0.25, -0.2) is 4.79 Å². The lowest BCUT2D eigenvalue weighted by Crippen LogP contribution is -2.18. The van der Waals surface area contributed by atoms with E-state index in [4.69, 9.17) is 9.47 Å². The summed E-state index contributed by atoms with van der Waals surface area (Å²) < 4.78 is 49.6. The van der Waals surface area contributed by atoms with Gasteiger partial charge in [0, 0.05) is 25.1 Å². The molecule has 2 heterocycles. The lowest BCUT2D eigenvalue weighted by molar-refractivity contribution is -0.141. The molecule has 0 unspecified atom stereocenters. The van der Waals surface area contributed by atoms with Crippen molar-refractivity contribution < 1.29 is 32.2 Å². The summed E-state index contributed by atoms with van der Waals surface area (Å²) in [7, 11) is 2.73. The maximum atomic E-state index is 12.9. The average molecular weight is 431 g/mol. The molecule has 0 saturated carbocycles. The number of aromatic nitrogens is 2. The number of nitrogens with one attached hydrogen (secondary N) is 1. The lowest BCUT2D eigenvalue weighted by atomic mass is 9.95. The number of nitrogens with zero attached hydrogens (tertiary/aromatic N) is 2. The molecular weight excluding hydrogens is 411 g/mol. The molecule has 7 nitrogen and oxygen atoms in total. The van der Waals surface area contributed by atoms with Crippen LogP contribution in [0.15, 0.2) is 6.07 Å². The van der Waals surface area contributed by atoms with Crippen LogP contribution < -0.4 is 5.32 Å². The molecule has 11 heteroatoms. The summed E-state index contributed by atoms with van der Waals surface area (Å²) in [5.74, 6) is -1.36. The monoisotopic (exact) mass is 431 g/mol. The minimum atomic E-state index is -4.66. The summed E-state index contributed by atoms with van der Waals surface area (Å²) in [4.78, 5) is 26.2. The standard InChI is InChI=1S/C18H20F3N3O4S/c1-24-11(9-13(23-24)18(19,20)21)15(25)22-16-14(17(26)28-8-7-27-2)10-5-3-4-6-12(10)29-16/h9H,3-8H2,1-2H3,(H,22,25). The number of carbonyl (C=O) groups excluding carboxylic acids is 2. The van der Waals surface area contributed by atoms with Crippen LogP contribution in [0, 0.1) is 0 Å². The highest BCUT2D eigenvalue weighted by Crippen LogP contribution is 2.39. The molecule has 0 radical (unpaired) electrons. The van der Waals surface area contributed by atoms with E-state index < -0.39 is 23.7 Å². The number of fused-ring (bicyclic) bond motifs is 1. The SMILES string of the molecule is COCCOC(=O)c1c(NC(=O)c2cc(C(F)(F)F)nn2C)sc2c1CCCC2. The number of thiophene rings is 1. The van der Waals surface area contributed by atoms with E-state index >= 15 is 0 Å². The van der Waals surface area contributed by atoms with Crippen molar-refractivity contribution in [1.82, 2.24) is 9.78 Å². The maximum Gasteiger partial charge on any atom is 0.435 e. The molecule has 2 aromatic heterocycles. The number of amides is 1. The van der Waals surface area contributed by atoms with Crippen LogP contribution in [0.3, 0.4) is 0 Å². The first-order valence-corrected chi connectivity index (χ1v) is 9.77. The Bertz CT molecular complexity index is 920. The molecule has 0 aliphatic heterocycles. The number of carbonyl (C=O) groups is 2. The smallest absolute Gasteiger partial charge is 0.435 e. The van der Waals surface area contributed by atoms with Crippen molar-refractivity contribution in [1.29, 1.82) is 0 Å². The van der Waals surface area contributed by atoms with E-state index in [9.17, 15) is 22.8 Å². The Morgan fingerprint density at radius 1 is 1.28 bits per heavy atom. The second kappa shape index (κ2) is 8.54. The third-order valence-corrected chi connectivity index (χ3v) is 5.73. The number of alkyl halides is 3. The quantitative estimate of drug-likeness (QED) is 0.560. The van der Waals surface area contributed by atoms with Crippen LogP contribution in [0.25, 0.3) is 0 Å². The van der Waals surface area contributed by atoms with E-state index in [0.717, 1.165) is 34.4 Å². The molecule has 0 bridgehead atoms. The summed E-state index contributed by atoms with van der Waals surface area (Å²) >= 11 is 1.25. The van der Waals surface area contributed by atoms with E-state index in [1.165, 1.54) is 25.5 Å². The Labute approximate surface area is 168 Å². The molecule has 0 aromatic carbocycles. The Morgan fingerprint density at radius 3 is 2.66 bits per heavy atom. The predicted octanol–water partition coefficient (Wildman–Crippen LogP) is 3.43. The third kappa shape index (κ3) is 4.61. The largest absolute Gasteiger partial charge is 0.460 e. The highest BCUT2D eigenvalue weighted by Gasteiger charge is 2.36. The lowest BCUT2D eigenvalue weighted by Gasteiger charge is -2.12. The van der Waals surface area contributed by atoms with Crippen molar-refractivity contribution in [3.63, 3.8) is 0 Å². The molecule has 158 valence electrons. The van der Waals surface area contributed by atoms with Gasteiger partial charge < -0.3 is 14.8 Å². The number of aryl methyl sites for hydroxylation is 2. The summed E-state index contributed by atoms with van der Waals surface area (Å²) in [5.41, 5.74) is -0.315. The molecule has 1 amide bonds. The van der Waals surface area contributed by atoms with Crippen molar-refractivity contribution in [3.8, 4) is 0 Å². The van der Waals surface area contributed by atoms with Crippen molar-refractivity contribution >= 4 is 28.2 Å². The highest BCUT2D eigenvalue weighted by atomic mass is 32.1. The Kier molecular flexibility index (Phi) is 6.27. The first kappa shape index (κ1) is 21.3. The fourth-order valence-electron chi connectivity index (χ4n) is 3.15. The fraction of sp³-hybridized carbons (Fsp3) is 0.500. The number of ether oxygens (including phenoxy) is 2. The van der Waals surface area contributed by atoms with Crippen molar-refractivity contribution in [2.45, 2.75) is 31.9 Å². The van der Waals surface area contributed by atoms with E-state index in [1.54, 1.807) is 0 Å². The van der Waals surface area contributed by atoms with Gasteiger partial charge in [-0.3, -0.25) is 9.48 Å². The van der Waals surface area contributed by atoms with E-state index in [2.05, 4.69) is 10.4 Å². The minimum Gasteiger partial charge on any atom is -0.460 e. The van der Waals surface area contributed by atoms with Crippen LogP contribution in [0.5, 0.6) is 0 Å². The molecule has 3 rings (SSSR count). The van der Waals surface area contributed by atoms with Gasteiger partial charge in [0.05, 0.1) is 12.2 Å². The van der Waals surface area contributed by atoms with Gasteiger partial charge in [0.1, 0.15) is 17.3 Å². The minimum absolute atomic E-state index is 0.0595. The topological polar surface area (TPSA) is 82.4 Å². The van der Waals surface area contributed by atoms with Gasteiger partial charge in [0.2, 0.25) is 0 Å². The number of esters is 1. The van der Waals surface area contributed by atoms with Gasteiger partial charge in [-0.15, -0.1) is 11.3 Å². The summed E-state index contributed by atoms with van der Waals surface area (Å²) in [6, 6.07) is 0.680. The molecule has 1 aliphatic carbocycles. The second-order valence-electron chi connectivity index (χ2n) is 6.53. The normalized spacial score (nSPS) is 13.8. The van der Waals surface area contributed by atoms with Crippen LogP contribution in [0.1, 0.15) is 49.8 Å². The fourth-order valence-corrected chi connectivity index (χ4v) is 4.42. The summed E-state index contributed by atoms with van der Waals surface area (Å²) in [5, 5.41) is 6.20. The van der Waals surface area contributed by atoms with Crippen LogP contribution in [-0.2, 0) is 35.5 Å². The van der Waals surface area contributed by atoms with E-state index in [0.29, 0.717) is 12.5 Å². The third-order valence-electron chi connectivity index (χ3n) is 4.53. The van der Waals surface area contributed by atoms with Gasteiger partial charge in [-0.05, 0) is 31.2 Å². The number of rotatable bonds is 6. The number of hydrogen-bond acceptors (Lipinski definition) is 6. The van der Waals surface area contributed by atoms with Gasteiger partial charge >= 0.3 is 12.1 Å². The number of anilines is 1. The molecule has 2 aromatic rings. The average Bonchev–Trinajstić information content (AvgIpc) is 3.22. The maximum absolute atomic E-state index is 12.9. The van der Waals surface area contributed by atoms with Crippen LogP contribution in [-0.4, -0.2) is 42.0 Å².